The van der Waals surface area contributed by atoms with Crippen molar-refractivity contribution < 1.29 is 9.53 Å². The van der Waals surface area contributed by atoms with Gasteiger partial charge in [0.05, 0.1) is 17.1 Å². The third-order valence-corrected chi connectivity index (χ3v) is 5.63. The molecule has 0 saturated carbocycles. The van der Waals surface area contributed by atoms with Crippen LogP contribution in [0, 0.1) is 0 Å². The highest BCUT2D eigenvalue weighted by Gasteiger charge is 2.33. The minimum absolute atomic E-state index is 0.0327. The summed E-state index contributed by atoms with van der Waals surface area (Å²) in [6, 6.07) is 3.83. The van der Waals surface area contributed by atoms with Gasteiger partial charge in [0.1, 0.15) is 17.8 Å². The number of hydrogen-bond donors (Lipinski definition) is 2. The van der Waals surface area contributed by atoms with Crippen molar-refractivity contribution in [3.05, 3.63) is 23.9 Å². The minimum atomic E-state index is -0.508. The predicted molar refractivity (Wildman–Crippen MR) is 123 cm³/mol. The Morgan fingerprint density at radius 3 is 2.58 bits per heavy atom. The summed E-state index contributed by atoms with van der Waals surface area (Å²) in [7, 11) is 0. The first-order valence-corrected chi connectivity index (χ1v) is 10.8. The van der Waals surface area contributed by atoms with Crippen molar-refractivity contribution in [3.8, 4) is 0 Å². The van der Waals surface area contributed by atoms with Crippen LogP contribution in [0.1, 0.15) is 59.9 Å². The zero-order chi connectivity index (χ0) is 22.8. The second-order valence-corrected chi connectivity index (χ2v) is 9.68. The van der Waals surface area contributed by atoms with Gasteiger partial charge in [0.25, 0.3) is 0 Å². The maximum atomic E-state index is 12.1. The zero-order valence-electron chi connectivity index (χ0n) is 19.4. The molecule has 1 amide bonds. The molecule has 1 atom stereocenters. The molecule has 2 aliphatic heterocycles. The summed E-state index contributed by atoms with van der Waals surface area (Å²) in [6.07, 6.45) is 4.73. The van der Waals surface area contributed by atoms with E-state index in [2.05, 4.69) is 36.1 Å². The number of anilines is 1. The minimum Gasteiger partial charge on any atom is -0.444 e. The van der Waals surface area contributed by atoms with Crippen LogP contribution in [0.4, 0.5) is 10.6 Å². The Morgan fingerprint density at radius 2 is 1.97 bits per heavy atom. The zero-order valence-corrected chi connectivity index (χ0v) is 19.4. The molecule has 9 heteroatoms. The lowest BCUT2D eigenvalue weighted by molar-refractivity contribution is 0.0412. The van der Waals surface area contributed by atoms with Crippen LogP contribution in [0.5, 0.6) is 0 Å². The number of alkyl carbamates (subject to hydrolysis) is 1. The molecule has 0 spiro atoms. The number of nitrogens with one attached hydrogen (secondary N) is 1. The molecule has 170 valence electrons. The molecule has 1 aromatic rings. The highest BCUT2D eigenvalue weighted by molar-refractivity contribution is 6.07. The van der Waals surface area contributed by atoms with E-state index in [9.17, 15) is 4.79 Å². The summed E-state index contributed by atoms with van der Waals surface area (Å²) in [6.45, 7) is 13.3. The lowest BCUT2D eigenvalue weighted by atomic mass is 9.98. The van der Waals surface area contributed by atoms with E-state index < -0.39 is 5.60 Å². The number of carbonyl (C=O) groups excluding carboxylic acids is 1. The monoisotopic (exact) mass is 429 g/mol. The standard InChI is InChI=1S/C22H35N7O2/c1-15-22(5,6)25-14-29(19(26-15)17-8-7-11-24-18(17)23)28-12-9-16(10-13-28)27-20(30)31-21(2,3)4/h7-8,11,14-16H,9-10,12-13H2,1-6H3,(H2,23,24)(H,27,30)/t15-/m0/s1. The molecule has 2 aliphatic rings. The fraction of sp³-hybridized carbons (Fsp3) is 0.636. The van der Waals surface area contributed by atoms with Crippen LogP contribution in [-0.2, 0) is 4.74 Å². The summed E-state index contributed by atoms with van der Waals surface area (Å²) >= 11 is 0. The molecule has 3 heterocycles. The van der Waals surface area contributed by atoms with Crippen molar-refractivity contribution in [3.63, 3.8) is 0 Å². The van der Waals surface area contributed by atoms with Crippen LogP contribution in [0.2, 0.25) is 0 Å². The second kappa shape index (κ2) is 8.82. The van der Waals surface area contributed by atoms with Gasteiger partial charge in [-0.25, -0.2) is 19.8 Å². The average molecular weight is 430 g/mol. The molecule has 3 N–H and O–H groups in total. The van der Waals surface area contributed by atoms with E-state index in [0.29, 0.717) is 5.82 Å². The fourth-order valence-corrected chi connectivity index (χ4v) is 3.47. The number of aliphatic imine (C=N–C) groups is 2. The third-order valence-electron chi connectivity index (χ3n) is 5.63. The number of nitrogen functional groups attached to an aromatic ring is 1. The maximum Gasteiger partial charge on any atom is 0.407 e. The molecule has 1 fully saturated rings. The lowest BCUT2D eigenvalue weighted by Gasteiger charge is -2.39. The molecule has 0 aliphatic carbocycles. The van der Waals surface area contributed by atoms with Gasteiger partial charge in [-0.1, -0.05) is 0 Å². The van der Waals surface area contributed by atoms with Crippen molar-refractivity contribution in [2.75, 3.05) is 18.8 Å². The molecule has 0 unspecified atom stereocenters. The molecule has 1 aromatic heterocycles. The van der Waals surface area contributed by atoms with Crippen LogP contribution in [0.3, 0.4) is 0 Å². The number of carbonyl (C=O) groups is 1. The van der Waals surface area contributed by atoms with E-state index in [0.717, 1.165) is 37.3 Å². The van der Waals surface area contributed by atoms with Gasteiger partial charge >= 0.3 is 6.09 Å². The first kappa shape index (κ1) is 23.0. The predicted octanol–water partition coefficient (Wildman–Crippen LogP) is 2.83. The molecule has 9 nitrogen and oxygen atoms in total. The number of piperidine rings is 1. The van der Waals surface area contributed by atoms with Crippen LogP contribution >= 0.6 is 0 Å². The van der Waals surface area contributed by atoms with Gasteiger partial charge in [0, 0.05) is 25.3 Å². The van der Waals surface area contributed by atoms with Gasteiger partial charge in [-0.05, 0) is 66.5 Å². The summed E-state index contributed by atoms with van der Waals surface area (Å²) in [4.78, 5) is 26.2. The first-order chi connectivity index (χ1) is 14.5. The Kier molecular flexibility index (Phi) is 6.54. The third kappa shape index (κ3) is 5.72. The highest BCUT2D eigenvalue weighted by Crippen LogP contribution is 2.25. The molecule has 0 bridgehead atoms. The number of hydrogen-bond acceptors (Lipinski definition) is 8. The number of rotatable bonds is 3. The van der Waals surface area contributed by atoms with E-state index in [1.54, 1.807) is 6.20 Å². The molecule has 0 radical (unpaired) electrons. The second-order valence-electron chi connectivity index (χ2n) is 9.68. The quantitative estimate of drug-likeness (QED) is 0.765. The van der Waals surface area contributed by atoms with E-state index in [1.807, 2.05) is 44.3 Å². The fourth-order valence-electron chi connectivity index (χ4n) is 3.47. The molecule has 0 aromatic carbocycles. The number of amides is 1. The highest BCUT2D eigenvalue weighted by atomic mass is 16.6. The summed E-state index contributed by atoms with van der Waals surface area (Å²) < 4.78 is 5.39. The van der Waals surface area contributed by atoms with Crippen LogP contribution in [-0.4, -0.2) is 69.6 Å². The Labute approximate surface area is 184 Å². The normalized spacial score (nSPS) is 22.6. The lowest BCUT2D eigenvalue weighted by Crippen LogP contribution is -2.53. The molecule has 3 rings (SSSR count). The van der Waals surface area contributed by atoms with Gasteiger partial charge in [-0.2, -0.15) is 0 Å². The largest absolute Gasteiger partial charge is 0.444 e. The van der Waals surface area contributed by atoms with E-state index in [1.165, 1.54) is 0 Å². The molecular formula is C22H35N7O2. The van der Waals surface area contributed by atoms with Crippen LogP contribution in [0.15, 0.2) is 28.3 Å². The van der Waals surface area contributed by atoms with Gasteiger partial charge in [-0.15, -0.1) is 0 Å². The average Bonchev–Trinajstić information content (AvgIpc) is 2.78. The first-order valence-electron chi connectivity index (χ1n) is 10.8. The van der Waals surface area contributed by atoms with Gasteiger partial charge in [-0.3, -0.25) is 9.98 Å². The molecule has 1 saturated heterocycles. The van der Waals surface area contributed by atoms with E-state index in [4.69, 9.17) is 20.5 Å². The summed E-state index contributed by atoms with van der Waals surface area (Å²) in [5.41, 5.74) is 6.13. The topological polar surface area (TPSA) is 108 Å². The maximum absolute atomic E-state index is 12.1. The van der Waals surface area contributed by atoms with Crippen molar-refractivity contribution in [1.82, 2.24) is 20.3 Å². The summed E-state index contributed by atoms with van der Waals surface area (Å²) in [5, 5.41) is 7.16. The van der Waals surface area contributed by atoms with Gasteiger partial charge < -0.3 is 15.8 Å². The Bertz CT molecular complexity index is 852. The Morgan fingerprint density at radius 1 is 1.29 bits per heavy atom. The van der Waals surface area contributed by atoms with E-state index in [-0.39, 0.29) is 23.7 Å². The number of nitrogens with zero attached hydrogens (tertiary/aromatic N) is 5. The number of hydrazine groups is 1. The van der Waals surface area contributed by atoms with Crippen molar-refractivity contribution >= 4 is 24.1 Å². The van der Waals surface area contributed by atoms with Gasteiger partial charge in [0.15, 0.2) is 5.84 Å². The van der Waals surface area contributed by atoms with Crippen LogP contribution in [0.25, 0.3) is 0 Å². The number of amidine groups is 1. The van der Waals surface area contributed by atoms with Crippen molar-refractivity contribution in [2.45, 2.75) is 77.6 Å². The Hall–Kier alpha value is -2.68. The van der Waals surface area contributed by atoms with Crippen molar-refractivity contribution in [1.29, 1.82) is 0 Å². The number of ether oxygens (including phenoxy) is 1. The van der Waals surface area contributed by atoms with Crippen molar-refractivity contribution in [2.24, 2.45) is 9.98 Å². The summed E-state index contributed by atoms with van der Waals surface area (Å²) in [5.74, 6) is 1.18. The Balaban J connectivity index is 1.77. The molecular weight excluding hydrogens is 394 g/mol. The van der Waals surface area contributed by atoms with Gasteiger partial charge in [0.2, 0.25) is 0 Å². The number of nitrogens with two attached hydrogens (primary N) is 1. The SMILES string of the molecule is C[C@@H]1N=C(c2cccnc2N)N(N2CCC(NC(=O)OC(C)(C)C)CC2)C=NC1(C)C. The molecule has 31 heavy (non-hydrogen) atoms. The number of aromatic nitrogens is 1. The number of pyridine rings is 1. The van der Waals surface area contributed by atoms with E-state index >= 15 is 0 Å². The van der Waals surface area contributed by atoms with Crippen LogP contribution < -0.4 is 11.1 Å². The smallest absolute Gasteiger partial charge is 0.407 e.